The number of hydrogen-bond acceptors (Lipinski definition) is 2. The minimum atomic E-state index is -1.19. The van der Waals surface area contributed by atoms with Crippen molar-refractivity contribution in [2.24, 2.45) is 0 Å². The number of aromatic hydroxyl groups is 1. The van der Waals surface area contributed by atoms with Gasteiger partial charge in [-0.2, -0.15) is 0 Å². The largest absolute Gasteiger partial charge is 2.00 e. The molecule has 0 aromatic heterocycles. The summed E-state index contributed by atoms with van der Waals surface area (Å²) in [4.78, 5) is 10.4. The minimum Gasteiger partial charge on any atom is -1.00 e. The van der Waals surface area contributed by atoms with E-state index in [4.69, 9.17) is 21.8 Å². The molecule has 0 aliphatic carbocycles. The first-order valence-electron chi connectivity index (χ1n) is 2.83. The Morgan fingerprint density at radius 2 is 2.08 bits per heavy atom. The Labute approximate surface area is 93.1 Å². The van der Waals surface area contributed by atoms with Crippen molar-refractivity contribution in [2.45, 2.75) is 0 Å². The van der Waals surface area contributed by atoms with Crippen LogP contribution in [-0.4, -0.2) is 39.2 Å². The second kappa shape index (κ2) is 4.54. The van der Waals surface area contributed by atoms with Gasteiger partial charge in [0, 0.05) is 5.02 Å². The van der Waals surface area contributed by atoms with Crippen molar-refractivity contribution in [1.29, 1.82) is 0 Å². The zero-order chi connectivity index (χ0) is 8.43. The molecule has 0 aliphatic rings. The molecule has 62 valence electrons. The number of aromatic carboxylic acids is 1. The Kier molecular flexibility index (Phi) is 4.37. The van der Waals surface area contributed by atoms with Crippen LogP contribution in [0.2, 0.25) is 5.02 Å². The predicted octanol–water partition coefficient (Wildman–Crippen LogP) is 1.59. The molecule has 0 atom stereocenters. The van der Waals surface area contributed by atoms with Gasteiger partial charge in [-0.25, -0.2) is 4.79 Å². The van der Waals surface area contributed by atoms with Crippen LogP contribution >= 0.6 is 11.6 Å². The van der Waals surface area contributed by atoms with E-state index >= 15 is 0 Å². The van der Waals surface area contributed by atoms with Gasteiger partial charge in [0.1, 0.15) is 11.3 Å². The number of hydrogen-bond donors (Lipinski definition) is 2. The van der Waals surface area contributed by atoms with Gasteiger partial charge < -0.3 is 13.1 Å². The number of carbonyl (C=O) groups is 1. The molecule has 2 N–H and O–H groups in total. The zero-order valence-corrected chi connectivity index (χ0v) is 8.29. The summed E-state index contributed by atoms with van der Waals surface area (Å²) in [5.41, 5.74) is -0.183. The Hall–Kier alpha value is -0.454. The first kappa shape index (κ1) is 11.5. The van der Waals surface area contributed by atoms with Gasteiger partial charge in [-0.3, -0.25) is 0 Å². The van der Waals surface area contributed by atoms with Crippen molar-refractivity contribution in [3.63, 3.8) is 0 Å². The molecule has 0 heterocycles. The number of benzene rings is 1. The van der Waals surface area contributed by atoms with E-state index in [2.05, 4.69) is 0 Å². The summed E-state index contributed by atoms with van der Waals surface area (Å²) in [5, 5.41) is 17.7. The Balaban J connectivity index is -0.000000403. The van der Waals surface area contributed by atoms with Crippen LogP contribution in [0, 0.1) is 0 Å². The van der Waals surface area contributed by atoms with Gasteiger partial charge in [0.2, 0.25) is 0 Å². The van der Waals surface area contributed by atoms with Crippen molar-refractivity contribution in [3.05, 3.63) is 28.8 Å². The molecule has 0 aliphatic heterocycles. The summed E-state index contributed by atoms with van der Waals surface area (Å²) in [6.45, 7) is 0. The van der Waals surface area contributed by atoms with Crippen LogP contribution in [0.25, 0.3) is 0 Å². The fourth-order valence-electron chi connectivity index (χ4n) is 0.680. The van der Waals surface area contributed by atoms with Crippen molar-refractivity contribution < 1.29 is 17.9 Å². The summed E-state index contributed by atoms with van der Waals surface area (Å²) in [6.07, 6.45) is 0. The molecular weight excluding hydrogens is 192 g/mol. The summed E-state index contributed by atoms with van der Waals surface area (Å²) >= 11 is 5.49. The van der Waals surface area contributed by atoms with Crippen LogP contribution in [-0.2, 0) is 0 Å². The molecule has 0 fully saturated rings. The van der Waals surface area contributed by atoms with Crippen LogP contribution in [0.5, 0.6) is 5.75 Å². The molecular formula is C7H7ClMgO3. The van der Waals surface area contributed by atoms with Crippen molar-refractivity contribution in [1.82, 2.24) is 0 Å². The van der Waals surface area contributed by atoms with Crippen LogP contribution < -0.4 is 0 Å². The maximum Gasteiger partial charge on any atom is 2.00 e. The van der Waals surface area contributed by atoms with Gasteiger partial charge in [-0.1, -0.05) is 11.6 Å². The third kappa shape index (κ3) is 2.55. The first-order chi connectivity index (χ1) is 5.11. The van der Waals surface area contributed by atoms with Gasteiger partial charge >= 0.3 is 29.0 Å². The molecule has 3 nitrogen and oxygen atoms in total. The maximum absolute atomic E-state index is 10.4. The van der Waals surface area contributed by atoms with Gasteiger partial charge in [-0.05, 0) is 18.2 Å². The fraction of sp³-hybridized carbons (Fsp3) is 0. The molecule has 12 heavy (non-hydrogen) atoms. The molecule has 1 rings (SSSR count). The SMILES string of the molecule is O=C(O)c1cc(Cl)ccc1O.[H-].[H-].[Mg+2]. The molecule has 0 saturated carbocycles. The van der Waals surface area contributed by atoms with E-state index in [1.165, 1.54) is 18.2 Å². The van der Waals surface area contributed by atoms with E-state index in [0.717, 1.165) is 0 Å². The average Bonchev–Trinajstić information content (AvgIpc) is 1.94. The molecule has 0 saturated heterocycles. The normalized spacial score (nSPS) is 8.75. The molecule has 0 unspecified atom stereocenters. The summed E-state index contributed by atoms with van der Waals surface area (Å²) in [7, 11) is 0. The van der Waals surface area contributed by atoms with Gasteiger partial charge in [0.15, 0.2) is 0 Å². The number of halogens is 1. The molecule has 0 amide bonds. The predicted molar refractivity (Wildman–Crippen MR) is 48.1 cm³/mol. The molecule has 1 aromatic carbocycles. The van der Waals surface area contributed by atoms with E-state index in [1.807, 2.05) is 0 Å². The van der Waals surface area contributed by atoms with Crippen molar-refractivity contribution >= 4 is 40.6 Å². The first-order valence-corrected chi connectivity index (χ1v) is 3.21. The maximum atomic E-state index is 10.4. The zero-order valence-electron chi connectivity index (χ0n) is 8.12. The summed E-state index contributed by atoms with van der Waals surface area (Å²) in [5.74, 6) is -1.47. The molecule has 0 spiro atoms. The number of carboxylic acids is 1. The molecule has 5 heteroatoms. The van der Waals surface area contributed by atoms with Gasteiger partial charge in [0.25, 0.3) is 0 Å². The van der Waals surface area contributed by atoms with E-state index in [0.29, 0.717) is 5.02 Å². The standard InChI is InChI=1S/C7H5ClO3.Mg.2H/c8-4-1-2-6(9)5(3-4)7(10)11;;;/h1-3,9H,(H,10,11);;;/q;+2;2*-1. The third-order valence-electron chi connectivity index (χ3n) is 1.19. The van der Waals surface area contributed by atoms with E-state index in [9.17, 15) is 4.79 Å². The molecule has 0 radical (unpaired) electrons. The molecule has 1 aromatic rings. The van der Waals surface area contributed by atoms with Crippen LogP contribution in [0.3, 0.4) is 0 Å². The van der Waals surface area contributed by atoms with Crippen LogP contribution in [0.4, 0.5) is 0 Å². The van der Waals surface area contributed by atoms with Gasteiger partial charge in [-0.15, -0.1) is 0 Å². The number of carboxylic acid groups (broad SMARTS) is 1. The van der Waals surface area contributed by atoms with Crippen LogP contribution in [0.1, 0.15) is 13.2 Å². The van der Waals surface area contributed by atoms with Crippen molar-refractivity contribution in [3.8, 4) is 5.75 Å². The number of phenols is 1. The summed E-state index contributed by atoms with van der Waals surface area (Å²) < 4.78 is 0. The monoisotopic (exact) mass is 198 g/mol. The van der Waals surface area contributed by atoms with E-state index in [1.54, 1.807) is 0 Å². The van der Waals surface area contributed by atoms with Crippen LogP contribution in [0.15, 0.2) is 18.2 Å². The number of rotatable bonds is 1. The second-order valence-electron chi connectivity index (χ2n) is 1.97. The second-order valence-corrected chi connectivity index (χ2v) is 2.40. The smallest absolute Gasteiger partial charge is 1.00 e. The fourth-order valence-corrected chi connectivity index (χ4v) is 0.852. The Morgan fingerprint density at radius 3 is 2.50 bits per heavy atom. The average molecular weight is 199 g/mol. The minimum absolute atomic E-state index is 0. The van der Waals surface area contributed by atoms with Gasteiger partial charge in [0.05, 0.1) is 0 Å². The van der Waals surface area contributed by atoms with E-state index in [-0.39, 0.29) is 37.2 Å². The summed E-state index contributed by atoms with van der Waals surface area (Å²) in [6, 6.07) is 3.86. The quantitative estimate of drug-likeness (QED) is 0.675. The topological polar surface area (TPSA) is 57.5 Å². The van der Waals surface area contributed by atoms with Crippen molar-refractivity contribution in [2.75, 3.05) is 0 Å². The molecule has 0 bridgehead atoms. The third-order valence-corrected chi connectivity index (χ3v) is 1.42. The Morgan fingerprint density at radius 1 is 1.50 bits per heavy atom. The van der Waals surface area contributed by atoms with E-state index < -0.39 is 5.97 Å². The Bertz CT molecular complexity index is 309.